The Balaban J connectivity index is 1.48. The third-order valence-corrected chi connectivity index (χ3v) is 8.84. The molecule has 4 rings (SSSR count). The molecule has 0 unspecified atom stereocenters. The van der Waals surface area contributed by atoms with E-state index in [4.69, 9.17) is 11.6 Å². The summed E-state index contributed by atoms with van der Waals surface area (Å²) in [4.78, 5) is 12.6. The first-order valence-electron chi connectivity index (χ1n) is 10.4. The molecule has 0 aliphatic rings. The van der Waals surface area contributed by atoms with Crippen molar-refractivity contribution < 1.29 is 13.2 Å². The van der Waals surface area contributed by atoms with Crippen LogP contribution in [0.2, 0.25) is 5.02 Å². The van der Waals surface area contributed by atoms with Gasteiger partial charge in [-0.25, -0.2) is 8.42 Å². The molecule has 1 amide bonds. The zero-order valence-corrected chi connectivity index (χ0v) is 22.0. The standard InChI is InChI=1S/C24H21ClN4O3S3/c1-15-8-9-16(2)20(12-15)29-35(31,32)21-13-18(10-11-19(21)25)22(30)26-23-27-28-24(34-23)33-14-17-6-4-3-5-7-17/h3-13,29H,14H2,1-2H3,(H,26,27,30). The van der Waals surface area contributed by atoms with Crippen LogP contribution in [0.5, 0.6) is 0 Å². The number of thioether (sulfide) groups is 1. The van der Waals surface area contributed by atoms with Crippen molar-refractivity contribution in [2.45, 2.75) is 28.8 Å². The number of sulfonamides is 1. The van der Waals surface area contributed by atoms with Crippen LogP contribution in [0, 0.1) is 13.8 Å². The molecule has 0 atom stereocenters. The van der Waals surface area contributed by atoms with Crippen molar-refractivity contribution in [3.05, 3.63) is 94.0 Å². The average Bonchev–Trinajstić information content (AvgIpc) is 3.28. The first-order valence-corrected chi connectivity index (χ1v) is 14.1. The van der Waals surface area contributed by atoms with Gasteiger partial charge in [-0.15, -0.1) is 10.2 Å². The fourth-order valence-corrected chi connectivity index (χ4v) is 6.45. The number of aryl methyl sites for hydroxylation is 2. The van der Waals surface area contributed by atoms with Gasteiger partial charge in [0.25, 0.3) is 15.9 Å². The van der Waals surface area contributed by atoms with E-state index in [0.29, 0.717) is 15.2 Å². The molecule has 1 aromatic heterocycles. The molecule has 0 saturated carbocycles. The predicted octanol–water partition coefficient (Wildman–Crippen LogP) is 6.15. The summed E-state index contributed by atoms with van der Waals surface area (Å²) >= 11 is 8.96. The van der Waals surface area contributed by atoms with E-state index >= 15 is 0 Å². The Labute approximate surface area is 217 Å². The van der Waals surface area contributed by atoms with Gasteiger partial charge in [0.2, 0.25) is 5.13 Å². The molecule has 180 valence electrons. The van der Waals surface area contributed by atoms with Gasteiger partial charge < -0.3 is 0 Å². The van der Waals surface area contributed by atoms with E-state index in [1.165, 1.54) is 41.3 Å². The van der Waals surface area contributed by atoms with Gasteiger partial charge in [0.05, 0.1) is 10.7 Å². The van der Waals surface area contributed by atoms with Gasteiger partial charge in [-0.05, 0) is 54.8 Å². The Morgan fingerprint density at radius 3 is 2.57 bits per heavy atom. The summed E-state index contributed by atoms with van der Waals surface area (Å²) in [5.74, 6) is 0.218. The lowest BCUT2D eigenvalue weighted by molar-refractivity contribution is 0.102. The second-order valence-electron chi connectivity index (χ2n) is 7.67. The van der Waals surface area contributed by atoms with Crippen LogP contribution < -0.4 is 10.0 Å². The van der Waals surface area contributed by atoms with E-state index < -0.39 is 15.9 Å². The number of benzene rings is 3. The van der Waals surface area contributed by atoms with Crippen molar-refractivity contribution in [3.8, 4) is 0 Å². The molecule has 4 aromatic rings. The zero-order chi connectivity index (χ0) is 25.0. The van der Waals surface area contributed by atoms with E-state index in [1.54, 1.807) is 13.0 Å². The van der Waals surface area contributed by atoms with Crippen molar-refractivity contribution in [1.82, 2.24) is 10.2 Å². The lowest BCUT2D eigenvalue weighted by Crippen LogP contribution is -2.17. The number of anilines is 2. The Hall–Kier alpha value is -2.92. The summed E-state index contributed by atoms with van der Waals surface area (Å²) in [5, 5.41) is 11.1. The van der Waals surface area contributed by atoms with Crippen LogP contribution in [-0.4, -0.2) is 24.5 Å². The molecular weight excluding hydrogens is 524 g/mol. The monoisotopic (exact) mass is 544 g/mol. The molecule has 0 aliphatic carbocycles. The van der Waals surface area contributed by atoms with Gasteiger partial charge in [0.15, 0.2) is 4.34 Å². The van der Waals surface area contributed by atoms with Crippen molar-refractivity contribution in [2.24, 2.45) is 0 Å². The fraction of sp³-hybridized carbons (Fsp3) is 0.125. The molecule has 0 bridgehead atoms. The highest BCUT2D eigenvalue weighted by atomic mass is 35.5. The molecular formula is C24H21ClN4O3S3. The number of amides is 1. The van der Waals surface area contributed by atoms with Gasteiger partial charge in [0.1, 0.15) is 4.90 Å². The number of halogens is 1. The van der Waals surface area contributed by atoms with E-state index in [9.17, 15) is 13.2 Å². The Kier molecular flexibility index (Phi) is 7.75. The first-order chi connectivity index (χ1) is 16.7. The number of nitrogens with zero attached hydrogens (tertiary/aromatic N) is 2. The Bertz CT molecular complexity index is 1470. The largest absolute Gasteiger partial charge is 0.296 e. The maximum atomic E-state index is 13.1. The Morgan fingerprint density at radius 1 is 1.03 bits per heavy atom. The molecule has 2 N–H and O–H groups in total. The lowest BCUT2D eigenvalue weighted by atomic mass is 10.1. The van der Waals surface area contributed by atoms with Crippen LogP contribution in [0.25, 0.3) is 0 Å². The van der Waals surface area contributed by atoms with Crippen molar-refractivity contribution in [1.29, 1.82) is 0 Å². The number of carbonyl (C=O) groups is 1. The van der Waals surface area contributed by atoms with Gasteiger partial charge in [-0.2, -0.15) is 0 Å². The second kappa shape index (κ2) is 10.8. The van der Waals surface area contributed by atoms with E-state index in [0.717, 1.165) is 22.4 Å². The molecule has 35 heavy (non-hydrogen) atoms. The molecule has 3 aromatic carbocycles. The van der Waals surface area contributed by atoms with E-state index in [2.05, 4.69) is 20.2 Å². The SMILES string of the molecule is Cc1ccc(C)c(NS(=O)(=O)c2cc(C(=O)Nc3nnc(SCc4ccccc4)s3)ccc2Cl)c1. The van der Waals surface area contributed by atoms with Gasteiger partial charge >= 0.3 is 0 Å². The third kappa shape index (κ3) is 6.40. The van der Waals surface area contributed by atoms with Crippen LogP contribution in [0.15, 0.2) is 76.0 Å². The summed E-state index contributed by atoms with van der Waals surface area (Å²) in [7, 11) is -4.03. The van der Waals surface area contributed by atoms with E-state index in [1.807, 2.05) is 49.4 Å². The highest BCUT2D eigenvalue weighted by molar-refractivity contribution is 8.00. The summed E-state index contributed by atoms with van der Waals surface area (Å²) in [6.07, 6.45) is 0. The molecule has 0 saturated heterocycles. The smallest absolute Gasteiger partial charge is 0.263 e. The Morgan fingerprint density at radius 2 is 1.80 bits per heavy atom. The maximum absolute atomic E-state index is 13.1. The van der Waals surface area contributed by atoms with E-state index in [-0.39, 0.29) is 15.5 Å². The fourth-order valence-electron chi connectivity index (χ4n) is 3.10. The molecule has 1 heterocycles. The molecule has 0 fully saturated rings. The number of carbonyl (C=O) groups excluding carboxylic acids is 1. The predicted molar refractivity (Wildman–Crippen MR) is 142 cm³/mol. The minimum atomic E-state index is -4.03. The molecule has 7 nitrogen and oxygen atoms in total. The molecule has 0 radical (unpaired) electrons. The maximum Gasteiger partial charge on any atom is 0.263 e. The number of rotatable bonds is 8. The van der Waals surface area contributed by atoms with Crippen LogP contribution >= 0.6 is 34.7 Å². The average molecular weight is 545 g/mol. The third-order valence-electron chi connectivity index (χ3n) is 4.95. The van der Waals surface area contributed by atoms with Gasteiger partial charge in [-0.1, -0.05) is 77.2 Å². The highest BCUT2D eigenvalue weighted by Gasteiger charge is 2.22. The highest BCUT2D eigenvalue weighted by Crippen LogP contribution is 2.30. The van der Waals surface area contributed by atoms with Crippen molar-refractivity contribution in [3.63, 3.8) is 0 Å². The van der Waals surface area contributed by atoms with Crippen LogP contribution in [0.1, 0.15) is 27.0 Å². The number of hydrogen-bond acceptors (Lipinski definition) is 7. The normalized spacial score (nSPS) is 11.3. The van der Waals surface area contributed by atoms with Crippen LogP contribution in [0.3, 0.4) is 0 Å². The quantitative estimate of drug-likeness (QED) is 0.204. The molecule has 0 aliphatic heterocycles. The van der Waals surface area contributed by atoms with Crippen molar-refractivity contribution >= 4 is 61.4 Å². The summed E-state index contributed by atoms with van der Waals surface area (Å²) in [6.45, 7) is 3.67. The topological polar surface area (TPSA) is 101 Å². The van der Waals surface area contributed by atoms with Gasteiger partial charge in [-0.3, -0.25) is 14.8 Å². The lowest BCUT2D eigenvalue weighted by Gasteiger charge is -2.13. The van der Waals surface area contributed by atoms with Gasteiger partial charge in [0, 0.05) is 11.3 Å². The number of nitrogens with one attached hydrogen (secondary N) is 2. The zero-order valence-electron chi connectivity index (χ0n) is 18.8. The van der Waals surface area contributed by atoms with Crippen LogP contribution in [-0.2, 0) is 15.8 Å². The minimum Gasteiger partial charge on any atom is -0.296 e. The molecule has 0 spiro atoms. The van der Waals surface area contributed by atoms with Crippen molar-refractivity contribution in [2.75, 3.05) is 10.0 Å². The first kappa shape index (κ1) is 25.2. The van der Waals surface area contributed by atoms with Crippen LogP contribution in [0.4, 0.5) is 10.8 Å². The number of aromatic nitrogens is 2. The summed E-state index contributed by atoms with van der Waals surface area (Å²) in [6, 6.07) is 19.5. The summed E-state index contributed by atoms with van der Waals surface area (Å²) in [5.41, 5.74) is 3.41. The summed E-state index contributed by atoms with van der Waals surface area (Å²) < 4.78 is 29.4. The minimum absolute atomic E-state index is 0.00914. The number of hydrogen-bond donors (Lipinski definition) is 2. The molecule has 11 heteroatoms. The second-order valence-corrected chi connectivity index (χ2v) is 11.9.